The molecule has 1 heterocycles. The zero-order chi connectivity index (χ0) is 11.9. The van der Waals surface area contributed by atoms with Gasteiger partial charge in [0, 0.05) is 5.54 Å². The number of nitrogens with one attached hydrogen (secondary N) is 1. The van der Waals surface area contributed by atoms with Gasteiger partial charge in [-0.25, -0.2) is 14.5 Å². The van der Waals surface area contributed by atoms with Gasteiger partial charge in [-0.1, -0.05) is 0 Å². The molecule has 1 N–H and O–H groups in total. The average Bonchev–Trinajstić information content (AvgIpc) is 2.37. The Kier molecular flexibility index (Phi) is 2.78. The predicted octanol–water partition coefficient (Wildman–Crippen LogP) is 1.70. The highest BCUT2D eigenvalue weighted by Gasteiger charge is 2.54. The molecule has 1 aliphatic heterocycles. The summed E-state index contributed by atoms with van der Waals surface area (Å²) in [6, 6.07) is -0.450. The molecule has 0 aromatic heterocycles. The van der Waals surface area contributed by atoms with Gasteiger partial charge >= 0.3 is 12.1 Å². The normalized spacial score (nSPS) is 20.7. The van der Waals surface area contributed by atoms with Crippen LogP contribution in [-0.2, 0) is 0 Å². The van der Waals surface area contributed by atoms with Crippen LogP contribution in [-0.4, -0.2) is 40.2 Å². The summed E-state index contributed by atoms with van der Waals surface area (Å²) in [5, 5.41) is 0. The van der Waals surface area contributed by atoms with Gasteiger partial charge in [-0.05, 0) is 34.6 Å². The molecule has 1 aliphatic rings. The van der Waals surface area contributed by atoms with Crippen molar-refractivity contribution >= 4 is 12.1 Å². The molecular formula is C10H20N3O2+. The number of imide groups is 1. The van der Waals surface area contributed by atoms with Gasteiger partial charge in [-0.3, -0.25) is 0 Å². The van der Waals surface area contributed by atoms with E-state index in [9.17, 15) is 9.59 Å². The van der Waals surface area contributed by atoms with Gasteiger partial charge in [0.05, 0.1) is 0 Å². The molecule has 0 saturated carbocycles. The lowest BCUT2D eigenvalue weighted by atomic mass is 10.1. The van der Waals surface area contributed by atoms with Gasteiger partial charge in [-0.15, -0.1) is 4.59 Å². The van der Waals surface area contributed by atoms with Crippen LogP contribution < -0.4 is 5.43 Å². The Morgan fingerprint density at radius 2 is 1.67 bits per heavy atom. The van der Waals surface area contributed by atoms with Crippen LogP contribution in [0.3, 0.4) is 0 Å². The number of quaternary nitrogens is 1. The summed E-state index contributed by atoms with van der Waals surface area (Å²) in [5.74, 6) is 0. The van der Waals surface area contributed by atoms with E-state index in [4.69, 9.17) is 0 Å². The van der Waals surface area contributed by atoms with Crippen LogP contribution in [0, 0.1) is 0 Å². The van der Waals surface area contributed by atoms with Gasteiger partial charge in [-0.2, -0.15) is 5.43 Å². The van der Waals surface area contributed by atoms with Crippen molar-refractivity contribution in [1.29, 1.82) is 0 Å². The second-order valence-corrected chi connectivity index (χ2v) is 4.81. The lowest BCUT2D eigenvalue weighted by Gasteiger charge is -2.29. The first-order valence-electron chi connectivity index (χ1n) is 5.32. The molecule has 0 aliphatic carbocycles. The maximum absolute atomic E-state index is 12.2. The minimum atomic E-state index is -0.467. The molecule has 1 fully saturated rings. The van der Waals surface area contributed by atoms with Gasteiger partial charge in [0.25, 0.3) is 0 Å². The summed E-state index contributed by atoms with van der Waals surface area (Å²) in [7, 11) is 0. The molecule has 0 aromatic carbocycles. The molecule has 0 unspecified atom stereocenters. The number of nitrogens with zero attached hydrogens (tertiary/aromatic N) is 2. The minimum absolute atomic E-state index is 0.0239. The summed E-state index contributed by atoms with van der Waals surface area (Å²) in [6.45, 7) is 10.5. The number of hydrogen-bond acceptors (Lipinski definition) is 2. The van der Waals surface area contributed by atoms with Gasteiger partial charge < -0.3 is 0 Å². The fourth-order valence-corrected chi connectivity index (χ4v) is 1.80. The number of rotatable bonds is 2. The van der Waals surface area contributed by atoms with Crippen LogP contribution in [0.5, 0.6) is 0 Å². The summed E-state index contributed by atoms with van der Waals surface area (Å²) in [6.07, 6.45) is 0. The lowest BCUT2D eigenvalue weighted by Crippen LogP contribution is -2.57. The number of urea groups is 2. The van der Waals surface area contributed by atoms with E-state index in [1.165, 1.54) is 4.90 Å². The second-order valence-electron chi connectivity index (χ2n) is 4.81. The SMILES string of the molecule is CC[N+]1(CC)NC(=O)N(C(C)(C)C)C1=O. The summed E-state index contributed by atoms with van der Waals surface area (Å²) < 4.78 is 0.0239. The van der Waals surface area contributed by atoms with Crippen molar-refractivity contribution in [1.82, 2.24) is 10.3 Å². The standard InChI is InChI=1S/C10H19N3O2/c1-6-13(7-2)9(15)12(8(14)11-13)10(3,4)5/h6-7H2,1-5H3/p+1. The Morgan fingerprint density at radius 1 is 1.20 bits per heavy atom. The van der Waals surface area contributed by atoms with Crippen molar-refractivity contribution in [2.24, 2.45) is 0 Å². The monoisotopic (exact) mass is 214 g/mol. The molecule has 5 heteroatoms. The summed E-state index contributed by atoms with van der Waals surface area (Å²) in [4.78, 5) is 25.2. The first kappa shape index (κ1) is 12.0. The van der Waals surface area contributed by atoms with Gasteiger partial charge in [0.15, 0.2) is 0 Å². The Morgan fingerprint density at radius 3 is 1.87 bits per heavy atom. The van der Waals surface area contributed by atoms with Crippen molar-refractivity contribution in [3.8, 4) is 0 Å². The minimum Gasteiger partial charge on any atom is -0.243 e. The largest absolute Gasteiger partial charge is 0.452 e. The van der Waals surface area contributed by atoms with Crippen LogP contribution >= 0.6 is 0 Å². The van der Waals surface area contributed by atoms with E-state index in [1.807, 2.05) is 34.6 Å². The fourth-order valence-electron chi connectivity index (χ4n) is 1.80. The highest BCUT2D eigenvalue weighted by molar-refractivity contribution is 5.95. The predicted molar refractivity (Wildman–Crippen MR) is 56.9 cm³/mol. The molecular weight excluding hydrogens is 194 g/mol. The van der Waals surface area contributed by atoms with Crippen molar-refractivity contribution in [2.75, 3.05) is 13.1 Å². The van der Waals surface area contributed by atoms with E-state index >= 15 is 0 Å². The highest BCUT2D eigenvalue weighted by Crippen LogP contribution is 2.24. The molecule has 0 atom stereocenters. The first-order chi connectivity index (χ1) is 6.78. The molecule has 86 valence electrons. The molecule has 1 rings (SSSR count). The number of hydrogen-bond donors (Lipinski definition) is 1. The van der Waals surface area contributed by atoms with E-state index in [0.29, 0.717) is 13.1 Å². The van der Waals surface area contributed by atoms with E-state index in [1.54, 1.807) is 0 Å². The highest BCUT2D eigenvalue weighted by atomic mass is 16.2. The first-order valence-corrected chi connectivity index (χ1v) is 5.32. The third kappa shape index (κ3) is 1.71. The molecule has 0 radical (unpaired) electrons. The third-order valence-electron chi connectivity index (χ3n) is 2.82. The van der Waals surface area contributed by atoms with E-state index in [-0.39, 0.29) is 16.7 Å². The Bertz CT molecular complexity index is 290. The van der Waals surface area contributed by atoms with Crippen molar-refractivity contribution in [3.63, 3.8) is 0 Å². The lowest BCUT2D eigenvalue weighted by molar-refractivity contribution is -0.876. The fraction of sp³-hybridized carbons (Fsp3) is 0.800. The van der Waals surface area contributed by atoms with Gasteiger partial charge in [0.2, 0.25) is 0 Å². The Balaban J connectivity index is 3.08. The Labute approximate surface area is 90.6 Å². The summed E-state index contributed by atoms with van der Waals surface area (Å²) in [5.41, 5.74) is 2.28. The molecule has 4 amide bonds. The smallest absolute Gasteiger partial charge is 0.243 e. The van der Waals surface area contributed by atoms with E-state index < -0.39 is 5.54 Å². The Hall–Kier alpha value is -1.10. The maximum Gasteiger partial charge on any atom is 0.452 e. The average molecular weight is 214 g/mol. The molecule has 0 spiro atoms. The van der Waals surface area contributed by atoms with Gasteiger partial charge in [0.1, 0.15) is 13.1 Å². The zero-order valence-electron chi connectivity index (χ0n) is 10.1. The second kappa shape index (κ2) is 3.48. The van der Waals surface area contributed by atoms with Crippen molar-refractivity contribution in [3.05, 3.63) is 0 Å². The maximum atomic E-state index is 12.2. The van der Waals surface area contributed by atoms with E-state index in [0.717, 1.165) is 0 Å². The molecule has 1 saturated heterocycles. The molecule has 0 bridgehead atoms. The zero-order valence-corrected chi connectivity index (χ0v) is 10.1. The third-order valence-corrected chi connectivity index (χ3v) is 2.82. The molecule has 15 heavy (non-hydrogen) atoms. The van der Waals surface area contributed by atoms with Crippen LogP contribution in [0.1, 0.15) is 34.6 Å². The van der Waals surface area contributed by atoms with Crippen LogP contribution in [0.4, 0.5) is 9.59 Å². The van der Waals surface area contributed by atoms with Crippen LogP contribution in [0.25, 0.3) is 0 Å². The quantitative estimate of drug-likeness (QED) is 0.711. The topological polar surface area (TPSA) is 49.4 Å². The number of amides is 4. The van der Waals surface area contributed by atoms with Crippen molar-refractivity contribution in [2.45, 2.75) is 40.2 Å². The van der Waals surface area contributed by atoms with E-state index in [2.05, 4.69) is 5.43 Å². The molecule has 5 nitrogen and oxygen atoms in total. The van der Waals surface area contributed by atoms with Crippen molar-refractivity contribution < 1.29 is 14.2 Å². The van der Waals surface area contributed by atoms with Crippen LogP contribution in [0.2, 0.25) is 0 Å². The molecule has 0 aromatic rings. The van der Waals surface area contributed by atoms with Crippen LogP contribution in [0.15, 0.2) is 0 Å². The summed E-state index contributed by atoms with van der Waals surface area (Å²) >= 11 is 0. The number of carbonyl (C=O) groups excluding carboxylic acids is 2. The number of carbonyl (C=O) groups is 2.